The molecule has 0 amide bonds. The van der Waals surface area contributed by atoms with E-state index in [1.165, 1.54) is 0 Å². The van der Waals surface area contributed by atoms with Crippen molar-refractivity contribution in [3.05, 3.63) is 48.4 Å². The molecule has 2 rings (SSSR count). The Balaban J connectivity index is 1.66. The highest BCUT2D eigenvalue weighted by Crippen LogP contribution is 2.09. The fourth-order valence-electron chi connectivity index (χ4n) is 1.57. The highest BCUT2D eigenvalue weighted by Gasteiger charge is 1.98. The molecule has 0 saturated carbocycles. The molecular formula is C14H17N3O. The summed E-state index contributed by atoms with van der Waals surface area (Å²) in [6.45, 7) is 3.46. The van der Waals surface area contributed by atoms with Gasteiger partial charge in [0, 0.05) is 18.9 Å². The summed E-state index contributed by atoms with van der Waals surface area (Å²) in [5.74, 6) is 1.75. The van der Waals surface area contributed by atoms with E-state index in [4.69, 9.17) is 4.74 Å². The van der Waals surface area contributed by atoms with Gasteiger partial charge in [0.2, 0.25) is 0 Å². The molecule has 0 spiro atoms. The van der Waals surface area contributed by atoms with Crippen LogP contribution in [-0.2, 0) is 0 Å². The lowest BCUT2D eigenvalue weighted by Crippen LogP contribution is -2.09. The van der Waals surface area contributed by atoms with Crippen molar-refractivity contribution in [2.24, 2.45) is 0 Å². The first-order valence-corrected chi connectivity index (χ1v) is 6.05. The van der Waals surface area contributed by atoms with Gasteiger partial charge in [0.05, 0.1) is 12.3 Å². The van der Waals surface area contributed by atoms with E-state index in [2.05, 4.69) is 15.3 Å². The Kier molecular flexibility index (Phi) is 4.53. The molecule has 1 aromatic carbocycles. The average molecular weight is 243 g/mol. The molecule has 2 aromatic rings. The number of benzene rings is 1. The van der Waals surface area contributed by atoms with Crippen LogP contribution in [0.25, 0.3) is 0 Å². The Labute approximate surface area is 107 Å². The lowest BCUT2D eigenvalue weighted by Gasteiger charge is -2.08. The Morgan fingerprint density at radius 3 is 2.67 bits per heavy atom. The van der Waals surface area contributed by atoms with Gasteiger partial charge in [0.25, 0.3) is 0 Å². The molecule has 0 radical (unpaired) electrons. The van der Waals surface area contributed by atoms with E-state index in [1.54, 1.807) is 12.4 Å². The Morgan fingerprint density at radius 1 is 1.11 bits per heavy atom. The van der Waals surface area contributed by atoms with Crippen molar-refractivity contribution in [3.63, 3.8) is 0 Å². The van der Waals surface area contributed by atoms with Crippen LogP contribution in [0, 0.1) is 6.92 Å². The topological polar surface area (TPSA) is 47.0 Å². The quantitative estimate of drug-likeness (QED) is 0.792. The molecule has 0 saturated heterocycles. The molecule has 0 aliphatic carbocycles. The fourth-order valence-corrected chi connectivity index (χ4v) is 1.57. The highest BCUT2D eigenvalue weighted by atomic mass is 16.5. The van der Waals surface area contributed by atoms with Crippen LogP contribution in [0.2, 0.25) is 0 Å². The van der Waals surface area contributed by atoms with Gasteiger partial charge in [-0.05, 0) is 25.5 Å². The largest absolute Gasteiger partial charge is 0.494 e. The second-order valence-electron chi connectivity index (χ2n) is 3.93. The van der Waals surface area contributed by atoms with Crippen LogP contribution < -0.4 is 10.1 Å². The first-order valence-electron chi connectivity index (χ1n) is 6.05. The summed E-state index contributed by atoms with van der Waals surface area (Å²) in [4.78, 5) is 8.39. The van der Waals surface area contributed by atoms with Crippen molar-refractivity contribution in [1.82, 2.24) is 9.97 Å². The van der Waals surface area contributed by atoms with Crippen LogP contribution >= 0.6 is 0 Å². The molecule has 0 atom stereocenters. The number of aryl methyl sites for hydroxylation is 1. The molecule has 4 heteroatoms. The number of para-hydroxylation sites is 1. The summed E-state index contributed by atoms with van der Waals surface area (Å²) in [6.07, 6.45) is 4.31. The van der Waals surface area contributed by atoms with Crippen LogP contribution in [0.3, 0.4) is 0 Å². The molecule has 94 valence electrons. The zero-order valence-electron chi connectivity index (χ0n) is 10.5. The van der Waals surface area contributed by atoms with Crippen molar-refractivity contribution in [2.45, 2.75) is 13.3 Å². The third kappa shape index (κ3) is 3.73. The van der Waals surface area contributed by atoms with Gasteiger partial charge in [-0.3, -0.25) is 4.98 Å². The molecule has 18 heavy (non-hydrogen) atoms. The van der Waals surface area contributed by atoms with E-state index in [0.717, 1.165) is 30.2 Å². The summed E-state index contributed by atoms with van der Waals surface area (Å²) in [5.41, 5.74) is 0.918. The maximum absolute atomic E-state index is 5.60. The van der Waals surface area contributed by atoms with Gasteiger partial charge in [-0.2, -0.15) is 0 Å². The molecule has 0 fully saturated rings. The van der Waals surface area contributed by atoms with Gasteiger partial charge in [-0.1, -0.05) is 18.2 Å². The standard InChI is InChI=1S/C14H17N3O/c1-12-14(17-10-9-15-12)16-8-5-11-18-13-6-3-2-4-7-13/h2-4,6-7,9-10H,5,8,11H2,1H3,(H,16,17). The number of nitrogens with zero attached hydrogens (tertiary/aromatic N) is 2. The smallest absolute Gasteiger partial charge is 0.147 e. The zero-order valence-corrected chi connectivity index (χ0v) is 10.5. The number of anilines is 1. The first kappa shape index (κ1) is 12.4. The van der Waals surface area contributed by atoms with Crippen molar-refractivity contribution >= 4 is 5.82 Å². The number of hydrogen-bond acceptors (Lipinski definition) is 4. The second-order valence-corrected chi connectivity index (χ2v) is 3.93. The number of aromatic nitrogens is 2. The van der Waals surface area contributed by atoms with Gasteiger partial charge >= 0.3 is 0 Å². The van der Waals surface area contributed by atoms with Gasteiger partial charge in [0.1, 0.15) is 11.6 Å². The molecule has 0 aliphatic heterocycles. The second kappa shape index (κ2) is 6.59. The predicted octanol–water partition coefficient (Wildman–Crippen LogP) is 2.67. The number of hydrogen-bond donors (Lipinski definition) is 1. The monoisotopic (exact) mass is 243 g/mol. The van der Waals surface area contributed by atoms with E-state index < -0.39 is 0 Å². The van der Waals surface area contributed by atoms with Crippen LogP contribution in [0.15, 0.2) is 42.7 Å². The molecule has 1 aromatic heterocycles. The van der Waals surface area contributed by atoms with Gasteiger partial charge in [0.15, 0.2) is 0 Å². The third-order valence-corrected chi connectivity index (χ3v) is 2.51. The normalized spacial score (nSPS) is 10.1. The lowest BCUT2D eigenvalue weighted by molar-refractivity contribution is 0.315. The highest BCUT2D eigenvalue weighted by molar-refractivity contribution is 5.37. The van der Waals surface area contributed by atoms with E-state index in [1.807, 2.05) is 37.3 Å². The Hall–Kier alpha value is -2.10. The minimum Gasteiger partial charge on any atom is -0.494 e. The van der Waals surface area contributed by atoms with Crippen molar-refractivity contribution in [1.29, 1.82) is 0 Å². The Bertz CT molecular complexity index is 473. The SMILES string of the molecule is Cc1nccnc1NCCCOc1ccccc1. The van der Waals surface area contributed by atoms with Gasteiger partial charge < -0.3 is 10.1 Å². The first-order chi connectivity index (χ1) is 8.86. The van der Waals surface area contributed by atoms with E-state index in [0.29, 0.717) is 6.61 Å². The summed E-state index contributed by atoms with van der Waals surface area (Å²) in [5, 5.41) is 3.25. The minimum absolute atomic E-state index is 0.691. The molecule has 1 N–H and O–H groups in total. The Morgan fingerprint density at radius 2 is 1.89 bits per heavy atom. The third-order valence-electron chi connectivity index (χ3n) is 2.51. The molecular weight excluding hydrogens is 226 g/mol. The van der Waals surface area contributed by atoms with E-state index >= 15 is 0 Å². The lowest BCUT2D eigenvalue weighted by atomic mass is 10.3. The number of nitrogens with one attached hydrogen (secondary N) is 1. The minimum atomic E-state index is 0.691. The van der Waals surface area contributed by atoms with Crippen molar-refractivity contribution < 1.29 is 4.74 Å². The fraction of sp³-hybridized carbons (Fsp3) is 0.286. The summed E-state index contributed by atoms with van der Waals surface area (Å²) in [6, 6.07) is 9.83. The number of rotatable bonds is 6. The zero-order chi connectivity index (χ0) is 12.6. The molecule has 1 heterocycles. The molecule has 0 unspecified atom stereocenters. The molecule has 4 nitrogen and oxygen atoms in total. The maximum Gasteiger partial charge on any atom is 0.147 e. The van der Waals surface area contributed by atoms with Crippen molar-refractivity contribution in [3.8, 4) is 5.75 Å². The van der Waals surface area contributed by atoms with Crippen LogP contribution in [0.5, 0.6) is 5.75 Å². The average Bonchev–Trinajstić information content (AvgIpc) is 2.42. The molecule has 0 bridgehead atoms. The van der Waals surface area contributed by atoms with Crippen molar-refractivity contribution in [2.75, 3.05) is 18.5 Å². The van der Waals surface area contributed by atoms with E-state index in [9.17, 15) is 0 Å². The summed E-state index contributed by atoms with van der Waals surface area (Å²) >= 11 is 0. The molecule has 0 aliphatic rings. The van der Waals surface area contributed by atoms with Gasteiger partial charge in [-0.25, -0.2) is 4.98 Å². The predicted molar refractivity (Wildman–Crippen MR) is 71.8 cm³/mol. The van der Waals surface area contributed by atoms with E-state index in [-0.39, 0.29) is 0 Å². The summed E-state index contributed by atoms with van der Waals surface area (Å²) < 4.78 is 5.60. The van der Waals surface area contributed by atoms with Crippen LogP contribution in [0.1, 0.15) is 12.1 Å². The van der Waals surface area contributed by atoms with Crippen LogP contribution in [-0.4, -0.2) is 23.1 Å². The number of ether oxygens (including phenoxy) is 1. The van der Waals surface area contributed by atoms with Gasteiger partial charge in [-0.15, -0.1) is 0 Å². The summed E-state index contributed by atoms with van der Waals surface area (Å²) in [7, 11) is 0. The van der Waals surface area contributed by atoms with Crippen LogP contribution in [0.4, 0.5) is 5.82 Å². The maximum atomic E-state index is 5.60.